The summed E-state index contributed by atoms with van der Waals surface area (Å²) in [4.78, 5) is 11.1. The molecule has 1 aromatic heterocycles. The fourth-order valence-corrected chi connectivity index (χ4v) is 3.26. The van der Waals surface area contributed by atoms with Crippen molar-refractivity contribution in [2.24, 2.45) is 10.9 Å². The highest BCUT2D eigenvalue weighted by atomic mass is 35.5. The van der Waals surface area contributed by atoms with Crippen molar-refractivity contribution < 1.29 is 9.26 Å². The van der Waals surface area contributed by atoms with Gasteiger partial charge < -0.3 is 19.5 Å². The van der Waals surface area contributed by atoms with E-state index in [1.165, 1.54) is 0 Å². The molecule has 0 bridgehead atoms. The quantitative estimate of drug-likeness (QED) is 0.577. The number of guanidine groups is 1. The Labute approximate surface area is 164 Å². The number of aliphatic imine (C=N–C) groups is 1. The first-order chi connectivity index (χ1) is 13.2. The second kappa shape index (κ2) is 9.71. The first kappa shape index (κ1) is 19.6. The topological polar surface area (TPSA) is 75.8 Å². The standard InChI is InChI=1S/C19H26ClN5O2/c1-3-26-13-14-9-11-25(12-14)19(21-2)22-10-8-17-23-18(24-27-17)15-4-6-16(20)7-5-15/h4-7,14H,3,8-13H2,1-2H3,(H,21,22). The molecule has 0 radical (unpaired) electrons. The van der Waals surface area contributed by atoms with Gasteiger partial charge in [0.05, 0.1) is 6.61 Å². The molecule has 0 aliphatic carbocycles. The molecule has 1 fully saturated rings. The van der Waals surface area contributed by atoms with Gasteiger partial charge in [0.25, 0.3) is 0 Å². The van der Waals surface area contributed by atoms with Crippen LogP contribution in [0.15, 0.2) is 33.8 Å². The van der Waals surface area contributed by atoms with Gasteiger partial charge in [0.2, 0.25) is 11.7 Å². The summed E-state index contributed by atoms with van der Waals surface area (Å²) in [6, 6.07) is 7.38. The number of halogens is 1. The van der Waals surface area contributed by atoms with Crippen LogP contribution in [0.5, 0.6) is 0 Å². The molecule has 1 atom stereocenters. The van der Waals surface area contributed by atoms with Crippen molar-refractivity contribution in [1.82, 2.24) is 20.4 Å². The van der Waals surface area contributed by atoms with Crippen LogP contribution in [0.25, 0.3) is 11.4 Å². The van der Waals surface area contributed by atoms with Crippen molar-refractivity contribution in [3.8, 4) is 11.4 Å². The first-order valence-electron chi connectivity index (χ1n) is 9.31. The van der Waals surface area contributed by atoms with Crippen molar-refractivity contribution in [1.29, 1.82) is 0 Å². The van der Waals surface area contributed by atoms with Crippen LogP contribution in [0.4, 0.5) is 0 Å². The number of ether oxygens (including phenoxy) is 1. The summed E-state index contributed by atoms with van der Waals surface area (Å²) in [6.45, 7) is 6.27. The second-order valence-corrected chi connectivity index (χ2v) is 6.94. The molecule has 8 heteroatoms. The molecule has 0 saturated carbocycles. The van der Waals surface area contributed by atoms with Crippen LogP contribution in [-0.2, 0) is 11.2 Å². The summed E-state index contributed by atoms with van der Waals surface area (Å²) in [5.74, 6) is 2.65. The van der Waals surface area contributed by atoms with Crippen LogP contribution in [0.1, 0.15) is 19.2 Å². The van der Waals surface area contributed by atoms with Crippen molar-refractivity contribution in [3.05, 3.63) is 35.2 Å². The Kier molecular flexibility index (Phi) is 7.06. The molecule has 7 nitrogen and oxygen atoms in total. The minimum Gasteiger partial charge on any atom is -0.381 e. The molecule has 0 amide bonds. The fourth-order valence-electron chi connectivity index (χ4n) is 3.13. The number of hydrogen-bond donors (Lipinski definition) is 1. The Morgan fingerprint density at radius 2 is 2.22 bits per heavy atom. The summed E-state index contributed by atoms with van der Waals surface area (Å²) in [5.41, 5.74) is 0.885. The molecule has 1 saturated heterocycles. The van der Waals surface area contributed by atoms with E-state index in [-0.39, 0.29) is 0 Å². The van der Waals surface area contributed by atoms with Gasteiger partial charge in [0, 0.05) is 56.2 Å². The highest BCUT2D eigenvalue weighted by Crippen LogP contribution is 2.19. The SMILES string of the molecule is CCOCC1CCN(C(=NC)NCCc2nc(-c3ccc(Cl)cc3)no2)C1. The third-order valence-corrected chi connectivity index (χ3v) is 4.80. The molecular weight excluding hydrogens is 366 g/mol. The van der Waals surface area contributed by atoms with Crippen LogP contribution in [-0.4, -0.2) is 60.9 Å². The maximum absolute atomic E-state index is 5.91. The van der Waals surface area contributed by atoms with E-state index in [1.54, 1.807) is 0 Å². The molecule has 1 unspecified atom stereocenters. The number of nitrogens with zero attached hydrogens (tertiary/aromatic N) is 4. The van der Waals surface area contributed by atoms with Gasteiger partial charge in [-0.15, -0.1) is 0 Å². The summed E-state index contributed by atoms with van der Waals surface area (Å²) in [6.07, 6.45) is 1.77. The number of hydrogen-bond acceptors (Lipinski definition) is 5. The lowest BCUT2D eigenvalue weighted by Crippen LogP contribution is -2.41. The largest absolute Gasteiger partial charge is 0.381 e. The molecule has 2 aromatic rings. The molecule has 146 valence electrons. The summed E-state index contributed by atoms with van der Waals surface area (Å²) < 4.78 is 10.9. The Balaban J connectivity index is 1.47. The molecular formula is C19H26ClN5O2. The average Bonchev–Trinajstić information content (AvgIpc) is 3.34. The van der Waals surface area contributed by atoms with Crippen LogP contribution in [0.3, 0.4) is 0 Å². The van der Waals surface area contributed by atoms with E-state index in [1.807, 2.05) is 38.2 Å². The molecule has 1 aromatic carbocycles. The van der Waals surface area contributed by atoms with E-state index in [4.69, 9.17) is 20.9 Å². The predicted octanol–water partition coefficient (Wildman–Crippen LogP) is 2.87. The predicted molar refractivity (Wildman–Crippen MR) is 106 cm³/mol. The van der Waals surface area contributed by atoms with E-state index in [9.17, 15) is 0 Å². The lowest BCUT2D eigenvalue weighted by atomic mass is 10.1. The molecule has 0 spiro atoms. The molecule has 3 rings (SSSR count). The summed E-state index contributed by atoms with van der Waals surface area (Å²) in [5, 5.41) is 8.11. The van der Waals surface area contributed by atoms with Gasteiger partial charge in [0.15, 0.2) is 5.96 Å². The van der Waals surface area contributed by atoms with Crippen LogP contribution >= 0.6 is 11.6 Å². The van der Waals surface area contributed by atoms with Gasteiger partial charge in [-0.1, -0.05) is 16.8 Å². The lowest BCUT2D eigenvalue weighted by Gasteiger charge is -2.21. The van der Waals surface area contributed by atoms with E-state index in [0.717, 1.165) is 44.2 Å². The molecule has 1 aliphatic rings. The van der Waals surface area contributed by atoms with E-state index >= 15 is 0 Å². The third-order valence-electron chi connectivity index (χ3n) is 4.55. The number of nitrogens with one attached hydrogen (secondary N) is 1. The number of rotatable bonds is 7. The van der Waals surface area contributed by atoms with Gasteiger partial charge in [0.1, 0.15) is 0 Å². The van der Waals surface area contributed by atoms with Crippen molar-refractivity contribution >= 4 is 17.6 Å². The van der Waals surface area contributed by atoms with Crippen molar-refractivity contribution in [3.63, 3.8) is 0 Å². The van der Waals surface area contributed by atoms with Gasteiger partial charge >= 0.3 is 0 Å². The zero-order chi connectivity index (χ0) is 19.1. The summed E-state index contributed by atoms with van der Waals surface area (Å²) >= 11 is 5.91. The van der Waals surface area contributed by atoms with Crippen molar-refractivity contribution in [2.45, 2.75) is 19.8 Å². The molecule has 1 aliphatic heterocycles. The molecule has 27 heavy (non-hydrogen) atoms. The van der Waals surface area contributed by atoms with E-state index in [0.29, 0.717) is 35.6 Å². The van der Waals surface area contributed by atoms with Crippen LogP contribution in [0, 0.1) is 5.92 Å². The van der Waals surface area contributed by atoms with Crippen molar-refractivity contribution in [2.75, 3.05) is 39.9 Å². The minimum absolute atomic E-state index is 0.571. The smallest absolute Gasteiger partial charge is 0.228 e. The second-order valence-electron chi connectivity index (χ2n) is 6.50. The summed E-state index contributed by atoms with van der Waals surface area (Å²) in [7, 11) is 1.81. The maximum atomic E-state index is 5.91. The van der Waals surface area contributed by atoms with Crippen LogP contribution < -0.4 is 5.32 Å². The highest BCUT2D eigenvalue weighted by molar-refractivity contribution is 6.30. The average molecular weight is 392 g/mol. The zero-order valence-electron chi connectivity index (χ0n) is 15.8. The number of aromatic nitrogens is 2. The Morgan fingerprint density at radius 3 is 2.96 bits per heavy atom. The minimum atomic E-state index is 0.571. The van der Waals surface area contributed by atoms with Gasteiger partial charge in [-0.2, -0.15) is 4.98 Å². The highest BCUT2D eigenvalue weighted by Gasteiger charge is 2.24. The first-order valence-corrected chi connectivity index (χ1v) is 9.69. The zero-order valence-corrected chi connectivity index (χ0v) is 16.6. The lowest BCUT2D eigenvalue weighted by molar-refractivity contribution is 0.114. The normalized spacial score (nSPS) is 17.5. The van der Waals surface area contributed by atoms with Gasteiger partial charge in [-0.05, 0) is 37.6 Å². The Hall–Kier alpha value is -2.12. The number of benzene rings is 1. The Bertz CT molecular complexity index is 747. The Morgan fingerprint density at radius 1 is 1.41 bits per heavy atom. The maximum Gasteiger partial charge on any atom is 0.228 e. The number of likely N-dealkylation sites (tertiary alicyclic amines) is 1. The fraction of sp³-hybridized carbons (Fsp3) is 0.526. The third kappa shape index (κ3) is 5.43. The van der Waals surface area contributed by atoms with Gasteiger partial charge in [-0.25, -0.2) is 0 Å². The van der Waals surface area contributed by atoms with E-state index < -0.39 is 0 Å². The van der Waals surface area contributed by atoms with Crippen LogP contribution in [0.2, 0.25) is 5.02 Å². The monoisotopic (exact) mass is 391 g/mol. The molecule has 2 heterocycles. The molecule has 1 N–H and O–H groups in total. The van der Waals surface area contributed by atoms with E-state index in [2.05, 4.69) is 25.3 Å². The van der Waals surface area contributed by atoms with Gasteiger partial charge in [-0.3, -0.25) is 4.99 Å².